The van der Waals surface area contributed by atoms with Gasteiger partial charge in [-0.3, -0.25) is 0 Å². The van der Waals surface area contributed by atoms with Crippen LogP contribution in [0.1, 0.15) is 50.9 Å². The van der Waals surface area contributed by atoms with Crippen molar-refractivity contribution in [1.29, 1.82) is 0 Å². The topological polar surface area (TPSA) is 88.8 Å². The van der Waals surface area contributed by atoms with E-state index in [0.717, 1.165) is 17.2 Å². The van der Waals surface area contributed by atoms with Gasteiger partial charge in [0.1, 0.15) is 15.6 Å². The molecule has 0 aliphatic carbocycles. The Bertz CT molecular complexity index is 956. The van der Waals surface area contributed by atoms with Gasteiger partial charge in [-0.1, -0.05) is 6.07 Å². The Kier molecular flexibility index (Phi) is 10.5. The molecule has 168 valence electrons. The molecule has 0 saturated heterocycles. The summed E-state index contributed by atoms with van der Waals surface area (Å²) in [5, 5.41) is 9.60. The molecule has 2 N–H and O–H groups in total. The van der Waals surface area contributed by atoms with E-state index >= 15 is 0 Å². The Labute approximate surface area is 207 Å². The zero-order chi connectivity index (χ0) is 21.3. The number of esters is 1. The van der Waals surface area contributed by atoms with Gasteiger partial charge in [0, 0.05) is 17.8 Å². The summed E-state index contributed by atoms with van der Waals surface area (Å²) in [5.41, 5.74) is 0.685. The molecule has 0 amide bonds. The Morgan fingerprint density at radius 3 is 2.87 bits per heavy atom. The van der Waals surface area contributed by atoms with E-state index in [0.29, 0.717) is 36.2 Å². The maximum Gasteiger partial charge on any atom is 0.350 e. The molecule has 0 spiro atoms. The molecular weight excluding hydrogens is 547 g/mol. The summed E-state index contributed by atoms with van der Waals surface area (Å²) in [5.74, 6) is 1.28. The van der Waals surface area contributed by atoms with Gasteiger partial charge >= 0.3 is 5.97 Å². The summed E-state index contributed by atoms with van der Waals surface area (Å²) in [4.78, 5) is 23.1. The third-order valence-corrected chi connectivity index (χ3v) is 6.40. The van der Waals surface area contributed by atoms with Crippen LogP contribution in [-0.4, -0.2) is 30.1 Å². The van der Waals surface area contributed by atoms with Crippen molar-refractivity contribution >= 4 is 58.6 Å². The highest BCUT2D eigenvalue weighted by molar-refractivity contribution is 14.0. The Morgan fingerprint density at radius 2 is 2.19 bits per heavy atom. The second-order valence-electron chi connectivity index (χ2n) is 6.55. The van der Waals surface area contributed by atoms with Crippen molar-refractivity contribution in [2.45, 2.75) is 39.8 Å². The smallest absolute Gasteiger partial charge is 0.350 e. The highest BCUT2D eigenvalue weighted by atomic mass is 127. The van der Waals surface area contributed by atoms with Crippen LogP contribution >= 0.6 is 46.7 Å². The van der Waals surface area contributed by atoms with Gasteiger partial charge < -0.3 is 19.8 Å². The number of aliphatic imine (C=N–C) groups is 1. The molecule has 0 aromatic carbocycles. The molecule has 0 saturated carbocycles. The first-order valence-electron chi connectivity index (χ1n) is 9.81. The molecule has 0 bridgehead atoms. The van der Waals surface area contributed by atoms with E-state index in [1.54, 1.807) is 24.5 Å². The highest BCUT2D eigenvalue weighted by Gasteiger charge is 2.20. The predicted molar refractivity (Wildman–Crippen MR) is 136 cm³/mol. The van der Waals surface area contributed by atoms with Crippen LogP contribution in [0.3, 0.4) is 0 Å². The van der Waals surface area contributed by atoms with Gasteiger partial charge in [-0.05, 0) is 44.4 Å². The monoisotopic (exact) mass is 574 g/mol. The fraction of sp³-hybridized carbons (Fsp3) is 0.381. The zero-order valence-electron chi connectivity index (χ0n) is 17.7. The Morgan fingerprint density at radius 1 is 1.35 bits per heavy atom. The molecular formula is C21H27IN4O3S2. The van der Waals surface area contributed by atoms with E-state index in [1.165, 1.54) is 16.2 Å². The van der Waals surface area contributed by atoms with E-state index in [4.69, 9.17) is 14.1 Å². The van der Waals surface area contributed by atoms with Crippen molar-refractivity contribution < 1.29 is 13.9 Å². The predicted octanol–water partition coefficient (Wildman–Crippen LogP) is 4.94. The number of thiazole rings is 1. The summed E-state index contributed by atoms with van der Waals surface area (Å²) in [7, 11) is 0. The van der Waals surface area contributed by atoms with Crippen LogP contribution in [0.4, 0.5) is 0 Å². The van der Waals surface area contributed by atoms with Crippen molar-refractivity contribution in [1.82, 2.24) is 15.6 Å². The highest BCUT2D eigenvalue weighted by Crippen LogP contribution is 2.24. The number of rotatable bonds is 9. The number of aryl methyl sites for hydroxylation is 1. The van der Waals surface area contributed by atoms with Gasteiger partial charge in [-0.15, -0.1) is 46.7 Å². The summed E-state index contributed by atoms with van der Waals surface area (Å²) in [6.45, 7) is 7.24. The molecule has 3 aromatic heterocycles. The van der Waals surface area contributed by atoms with Gasteiger partial charge in [0.25, 0.3) is 0 Å². The van der Waals surface area contributed by atoms with E-state index in [-0.39, 0.29) is 36.0 Å². The van der Waals surface area contributed by atoms with Crippen LogP contribution in [0, 0.1) is 6.92 Å². The largest absolute Gasteiger partial charge is 0.469 e. The van der Waals surface area contributed by atoms with Crippen LogP contribution < -0.4 is 10.6 Å². The number of carbonyl (C=O) groups is 1. The molecule has 1 unspecified atom stereocenters. The molecule has 0 radical (unpaired) electrons. The molecule has 0 aliphatic heterocycles. The second kappa shape index (κ2) is 12.8. The number of carbonyl (C=O) groups excluding carboxylic acids is 1. The summed E-state index contributed by atoms with van der Waals surface area (Å²) < 4.78 is 10.5. The maximum absolute atomic E-state index is 12.1. The first kappa shape index (κ1) is 25.3. The number of hydrogen-bond donors (Lipinski definition) is 2. The molecule has 3 heterocycles. The molecule has 0 aliphatic rings. The van der Waals surface area contributed by atoms with E-state index in [1.807, 2.05) is 37.4 Å². The third kappa shape index (κ3) is 7.62. The van der Waals surface area contributed by atoms with Crippen molar-refractivity contribution in [3.05, 3.63) is 62.1 Å². The fourth-order valence-corrected chi connectivity index (χ4v) is 4.32. The Balaban J connectivity index is 0.00000341. The van der Waals surface area contributed by atoms with Crippen molar-refractivity contribution in [3.8, 4) is 0 Å². The van der Waals surface area contributed by atoms with E-state index in [2.05, 4.69) is 21.7 Å². The lowest BCUT2D eigenvalue weighted by Gasteiger charge is -2.16. The normalized spacial score (nSPS) is 12.2. The molecule has 3 rings (SSSR count). The molecule has 7 nitrogen and oxygen atoms in total. The number of nitrogens with zero attached hydrogens (tertiary/aromatic N) is 2. The quantitative estimate of drug-likeness (QED) is 0.163. The first-order chi connectivity index (χ1) is 14.6. The van der Waals surface area contributed by atoms with Crippen LogP contribution in [-0.2, 0) is 17.7 Å². The lowest BCUT2D eigenvalue weighted by molar-refractivity contribution is 0.0531. The average molecular weight is 575 g/mol. The molecule has 10 heteroatoms. The number of thiophene rings is 1. The van der Waals surface area contributed by atoms with Crippen LogP contribution in [0.5, 0.6) is 0 Å². The lowest BCUT2D eigenvalue weighted by Crippen LogP contribution is -2.39. The summed E-state index contributed by atoms with van der Waals surface area (Å²) in [6, 6.07) is 7.80. The number of hydrogen-bond acceptors (Lipinski definition) is 7. The van der Waals surface area contributed by atoms with Crippen molar-refractivity contribution in [2.75, 3.05) is 13.2 Å². The minimum atomic E-state index is -0.325. The van der Waals surface area contributed by atoms with Crippen LogP contribution in [0.15, 0.2) is 45.3 Å². The van der Waals surface area contributed by atoms with Gasteiger partial charge in [-0.25, -0.2) is 14.8 Å². The van der Waals surface area contributed by atoms with Crippen molar-refractivity contribution in [2.24, 2.45) is 4.99 Å². The van der Waals surface area contributed by atoms with Crippen LogP contribution in [0.25, 0.3) is 0 Å². The number of ether oxygens (including phenoxy) is 1. The second-order valence-corrected chi connectivity index (χ2v) is 8.62. The van der Waals surface area contributed by atoms with Crippen LogP contribution in [0.2, 0.25) is 0 Å². The Hall–Kier alpha value is -1.92. The average Bonchev–Trinajstić information content (AvgIpc) is 3.48. The third-order valence-electron chi connectivity index (χ3n) is 4.21. The summed E-state index contributed by atoms with van der Waals surface area (Å²) >= 11 is 3.03. The van der Waals surface area contributed by atoms with Crippen molar-refractivity contribution in [3.63, 3.8) is 0 Å². The van der Waals surface area contributed by atoms with Gasteiger partial charge in [-0.2, -0.15) is 0 Å². The minimum Gasteiger partial charge on any atom is -0.469 e. The van der Waals surface area contributed by atoms with E-state index in [9.17, 15) is 4.79 Å². The maximum atomic E-state index is 12.1. The number of guanidine groups is 1. The number of halogens is 1. The number of furan rings is 1. The lowest BCUT2D eigenvalue weighted by atomic mass is 10.3. The van der Waals surface area contributed by atoms with Gasteiger partial charge in [0.05, 0.1) is 31.2 Å². The minimum absolute atomic E-state index is 0. The standard InChI is InChI=1S/C21H26N4O3S2.HI/c1-4-27-20(26)18-14(2)24-19(30-18)15(3)25-21(23-13-17-8-6-12-29-17)22-10-9-16-7-5-11-28-16;/h5-8,11-12,15H,4,9-10,13H2,1-3H3,(H2,22,23,25);1H. The molecule has 3 aromatic rings. The number of nitrogens with one attached hydrogen (secondary N) is 2. The first-order valence-corrected chi connectivity index (χ1v) is 11.5. The summed E-state index contributed by atoms with van der Waals surface area (Å²) in [6.07, 6.45) is 2.43. The van der Waals surface area contributed by atoms with Gasteiger partial charge in [0.15, 0.2) is 5.96 Å². The zero-order valence-corrected chi connectivity index (χ0v) is 21.7. The molecule has 31 heavy (non-hydrogen) atoms. The number of aromatic nitrogens is 1. The fourth-order valence-electron chi connectivity index (χ4n) is 2.73. The molecule has 1 atom stereocenters. The molecule has 0 fully saturated rings. The van der Waals surface area contributed by atoms with Gasteiger partial charge in [0.2, 0.25) is 0 Å². The SMILES string of the molecule is CCOC(=O)c1sc(C(C)NC(=NCc2cccs2)NCCc2ccco2)nc1C.I. The van der Waals surface area contributed by atoms with E-state index < -0.39 is 0 Å².